The zero-order valence-corrected chi connectivity index (χ0v) is 11.9. The predicted octanol–water partition coefficient (Wildman–Crippen LogP) is 2.13. The lowest BCUT2D eigenvalue weighted by Crippen LogP contribution is -2.31. The highest BCUT2D eigenvalue weighted by atomic mass is 32.1. The highest BCUT2D eigenvalue weighted by Gasteiger charge is 2.19. The van der Waals surface area contributed by atoms with Crippen molar-refractivity contribution in [2.24, 2.45) is 5.92 Å². The Bertz CT molecular complexity index is 448. The van der Waals surface area contributed by atoms with Gasteiger partial charge >= 0.3 is 0 Å². The number of hydrogen-bond acceptors (Lipinski definition) is 4. The van der Waals surface area contributed by atoms with E-state index in [1.165, 1.54) is 6.08 Å². The third-order valence-corrected chi connectivity index (χ3v) is 4.22. The Morgan fingerprint density at radius 3 is 2.89 bits per heavy atom. The number of aliphatic hydroxyl groups is 1. The molecule has 0 bridgehead atoms. The lowest BCUT2D eigenvalue weighted by atomic mass is 9.87. The van der Waals surface area contributed by atoms with Crippen LogP contribution in [0.15, 0.2) is 11.5 Å². The number of carbonyl (C=O) groups excluding carboxylic acids is 1. The first-order chi connectivity index (χ1) is 9.13. The van der Waals surface area contributed by atoms with Crippen molar-refractivity contribution in [2.75, 3.05) is 6.54 Å². The van der Waals surface area contributed by atoms with Crippen LogP contribution in [0.5, 0.6) is 0 Å². The van der Waals surface area contributed by atoms with E-state index in [2.05, 4.69) is 10.3 Å². The van der Waals surface area contributed by atoms with Crippen LogP contribution in [0, 0.1) is 12.8 Å². The van der Waals surface area contributed by atoms with Gasteiger partial charge in [-0.3, -0.25) is 4.79 Å². The van der Waals surface area contributed by atoms with E-state index in [1.807, 2.05) is 12.3 Å². The van der Waals surface area contributed by atoms with E-state index in [4.69, 9.17) is 0 Å². The molecule has 1 aliphatic rings. The van der Waals surface area contributed by atoms with Crippen LogP contribution in [0.25, 0.3) is 6.08 Å². The van der Waals surface area contributed by atoms with Gasteiger partial charge in [-0.15, -0.1) is 11.3 Å². The van der Waals surface area contributed by atoms with Crippen molar-refractivity contribution in [1.29, 1.82) is 0 Å². The number of thiazole rings is 1. The van der Waals surface area contributed by atoms with Crippen molar-refractivity contribution < 1.29 is 9.90 Å². The van der Waals surface area contributed by atoms with Gasteiger partial charge in [0.1, 0.15) is 0 Å². The molecule has 1 saturated carbocycles. The Kier molecular flexibility index (Phi) is 5.10. The lowest BCUT2D eigenvalue weighted by Gasteiger charge is -2.25. The van der Waals surface area contributed by atoms with E-state index in [0.29, 0.717) is 12.5 Å². The van der Waals surface area contributed by atoms with Crippen LogP contribution in [0.4, 0.5) is 0 Å². The number of aryl methyl sites for hydroxylation is 1. The number of amides is 1. The Labute approximate surface area is 117 Å². The van der Waals surface area contributed by atoms with Crippen LogP contribution in [0.3, 0.4) is 0 Å². The quantitative estimate of drug-likeness (QED) is 0.831. The number of nitrogens with zero attached hydrogens (tertiary/aromatic N) is 1. The third kappa shape index (κ3) is 4.76. The van der Waals surface area contributed by atoms with Gasteiger partial charge in [-0.05, 0) is 44.6 Å². The molecule has 4 nitrogen and oxygen atoms in total. The molecule has 1 heterocycles. The summed E-state index contributed by atoms with van der Waals surface area (Å²) in [5.41, 5.74) is 0.832. The van der Waals surface area contributed by atoms with Crippen molar-refractivity contribution in [3.05, 3.63) is 22.2 Å². The summed E-state index contributed by atoms with van der Waals surface area (Å²) in [7, 11) is 0. The van der Waals surface area contributed by atoms with Gasteiger partial charge in [0.2, 0.25) is 5.91 Å². The van der Waals surface area contributed by atoms with Crippen LogP contribution >= 0.6 is 11.3 Å². The molecule has 0 saturated heterocycles. The molecule has 1 aromatic rings. The van der Waals surface area contributed by atoms with Crippen LogP contribution in [-0.2, 0) is 4.79 Å². The number of rotatable bonds is 4. The smallest absolute Gasteiger partial charge is 0.244 e. The summed E-state index contributed by atoms with van der Waals surface area (Å²) in [4.78, 5) is 15.9. The molecule has 1 aromatic heterocycles. The molecule has 0 radical (unpaired) electrons. The molecule has 1 fully saturated rings. The van der Waals surface area contributed by atoms with Crippen LogP contribution in [0.1, 0.15) is 36.4 Å². The average molecular weight is 280 g/mol. The topological polar surface area (TPSA) is 62.2 Å². The summed E-state index contributed by atoms with van der Waals surface area (Å²) in [6, 6.07) is 0. The molecular weight excluding hydrogens is 260 g/mol. The Hall–Kier alpha value is -1.20. The zero-order chi connectivity index (χ0) is 13.7. The van der Waals surface area contributed by atoms with Crippen molar-refractivity contribution in [2.45, 2.75) is 38.7 Å². The highest BCUT2D eigenvalue weighted by Crippen LogP contribution is 2.23. The summed E-state index contributed by atoms with van der Waals surface area (Å²) in [5, 5.41) is 15.3. The van der Waals surface area contributed by atoms with Gasteiger partial charge in [-0.2, -0.15) is 0 Å². The van der Waals surface area contributed by atoms with Gasteiger partial charge in [0.15, 0.2) is 0 Å². The third-order valence-electron chi connectivity index (χ3n) is 3.42. The minimum Gasteiger partial charge on any atom is -0.393 e. The fourth-order valence-corrected chi connectivity index (χ4v) is 2.85. The van der Waals surface area contributed by atoms with Gasteiger partial charge in [0, 0.05) is 18.0 Å². The second kappa shape index (κ2) is 6.82. The summed E-state index contributed by atoms with van der Waals surface area (Å²) in [6.45, 7) is 2.64. The first kappa shape index (κ1) is 14.2. The largest absolute Gasteiger partial charge is 0.393 e. The maximum Gasteiger partial charge on any atom is 0.244 e. The standard InChI is InChI=1S/C14H20N2O2S/c1-10-16-12(9-19-10)4-7-14(18)15-8-11-2-5-13(17)6-3-11/h4,7,9,11,13,17H,2-3,5-6,8H2,1H3,(H,15,18)/b7-4+. The first-order valence-electron chi connectivity index (χ1n) is 6.69. The molecule has 5 heteroatoms. The molecule has 1 aliphatic carbocycles. The minimum absolute atomic E-state index is 0.0724. The molecule has 0 atom stereocenters. The fraction of sp³-hybridized carbons (Fsp3) is 0.571. The number of nitrogens with one attached hydrogen (secondary N) is 1. The molecule has 104 valence electrons. The van der Waals surface area contributed by atoms with E-state index in [1.54, 1.807) is 17.4 Å². The molecule has 2 rings (SSSR count). The molecule has 0 aliphatic heterocycles. The van der Waals surface area contributed by atoms with Crippen molar-refractivity contribution in [3.63, 3.8) is 0 Å². The normalized spacial score (nSPS) is 23.7. The second-order valence-electron chi connectivity index (χ2n) is 5.04. The van der Waals surface area contributed by atoms with E-state index in [-0.39, 0.29) is 12.0 Å². The summed E-state index contributed by atoms with van der Waals surface area (Å²) < 4.78 is 0. The van der Waals surface area contributed by atoms with Crippen LogP contribution in [0.2, 0.25) is 0 Å². The Morgan fingerprint density at radius 2 is 2.26 bits per heavy atom. The monoisotopic (exact) mass is 280 g/mol. The average Bonchev–Trinajstić information content (AvgIpc) is 2.81. The summed E-state index contributed by atoms with van der Waals surface area (Å²) in [6.07, 6.45) is 6.84. The van der Waals surface area contributed by atoms with Crippen molar-refractivity contribution >= 4 is 23.3 Å². The molecular formula is C14H20N2O2S. The van der Waals surface area contributed by atoms with Gasteiger partial charge in [0.25, 0.3) is 0 Å². The molecule has 0 spiro atoms. The van der Waals surface area contributed by atoms with E-state index in [0.717, 1.165) is 36.4 Å². The molecule has 19 heavy (non-hydrogen) atoms. The summed E-state index contributed by atoms with van der Waals surface area (Å²) in [5.74, 6) is 0.430. The molecule has 2 N–H and O–H groups in total. The highest BCUT2D eigenvalue weighted by molar-refractivity contribution is 7.09. The number of aromatic nitrogens is 1. The van der Waals surface area contributed by atoms with Gasteiger partial charge < -0.3 is 10.4 Å². The molecule has 0 unspecified atom stereocenters. The van der Waals surface area contributed by atoms with E-state index in [9.17, 15) is 9.90 Å². The van der Waals surface area contributed by atoms with Gasteiger partial charge in [0.05, 0.1) is 16.8 Å². The van der Waals surface area contributed by atoms with Crippen LogP contribution < -0.4 is 5.32 Å². The second-order valence-corrected chi connectivity index (χ2v) is 6.11. The van der Waals surface area contributed by atoms with E-state index >= 15 is 0 Å². The maximum atomic E-state index is 11.7. The molecule has 1 amide bonds. The maximum absolute atomic E-state index is 11.7. The Balaban J connectivity index is 1.71. The molecule has 0 aromatic carbocycles. The van der Waals surface area contributed by atoms with Gasteiger partial charge in [-0.25, -0.2) is 4.98 Å². The Morgan fingerprint density at radius 1 is 1.53 bits per heavy atom. The van der Waals surface area contributed by atoms with E-state index < -0.39 is 0 Å². The van der Waals surface area contributed by atoms with Crippen LogP contribution in [-0.4, -0.2) is 28.6 Å². The SMILES string of the molecule is Cc1nc(/C=C/C(=O)NCC2CCC(O)CC2)cs1. The number of carbonyl (C=O) groups is 1. The summed E-state index contributed by atoms with van der Waals surface area (Å²) >= 11 is 1.57. The van der Waals surface area contributed by atoms with Gasteiger partial charge in [-0.1, -0.05) is 0 Å². The number of aliphatic hydroxyl groups excluding tert-OH is 1. The first-order valence-corrected chi connectivity index (χ1v) is 7.57. The zero-order valence-electron chi connectivity index (χ0n) is 11.1. The lowest BCUT2D eigenvalue weighted by molar-refractivity contribution is -0.116. The fourth-order valence-electron chi connectivity index (χ4n) is 2.27. The van der Waals surface area contributed by atoms with Crippen molar-refractivity contribution in [3.8, 4) is 0 Å². The van der Waals surface area contributed by atoms with Crippen molar-refractivity contribution in [1.82, 2.24) is 10.3 Å². The number of hydrogen-bond donors (Lipinski definition) is 2. The predicted molar refractivity (Wildman–Crippen MR) is 76.9 cm³/mol. The minimum atomic E-state index is -0.139.